The third kappa shape index (κ3) is 6.32. The summed E-state index contributed by atoms with van der Waals surface area (Å²) >= 11 is 2.46. The molecule has 3 N–H and O–H groups in total. The molecular weight excluding hydrogens is 567 g/mol. The number of aliphatic carboxylic acids is 2. The van der Waals surface area contributed by atoms with Gasteiger partial charge in [0.15, 0.2) is 0 Å². The van der Waals surface area contributed by atoms with Crippen molar-refractivity contribution in [2.75, 3.05) is 13.1 Å². The minimum atomic E-state index is -1.82. The SMILES string of the molecule is Ic1ccccc1CN[C@@H]1C2CCN(CC2)[C@@H]1C(c1ccccc1)c1ccccc1.O=C(O)C(=O)O. The van der Waals surface area contributed by atoms with E-state index in [1.54, 1.807) is 0 Å². The van der Waals surface area contributed by atoms with E-state index in [0.717, 1.165) is 12.5 Å². The van der Waals surface area contributed by atoms with Crippen LogP contribution in [0.3, 0.4) is 0 Å². The molecule has 3 aliphatic rings. The van der Waals surface area contributed by atoms with Crippen LogP contribution >= 0.6 is 22.6 Å². The molecule has 0 aliphatic carbocycles. The number of carboxylic acid groups (broad SMARTS) is 2. The highest BCUT2D eigenvalue weighted by molar-refractivity contribution is 14.1. The third-order valence-corrected chi connectivity index (χ3v) is 8.25. The Bertz CT molecular complexity index is 1100. The van der Waals surface area contributed by atoms with E-state index in [4.69, 9.17) is 19.8 Å². The summed E-state index contributed by atoms with van der Waals surface area (Å²) in [5, 5.41) is 18.8. The van der Waals surface area contributed by atoms with Crippen LogP contribution in [-0.4, -0.2) is 52.2 Å². The van der Waals surface area contributed by atoms with Crippen molar-refractivity contribution < 1.29 is 19.8 Å². The third-order valence-electron chi connectivity index (χ3n) is 7.20. The van der Waals surface area contributed by atoms with Gasteiger partial charge in [-0.15, -0.1) is 0 Å². The van der Waals surface area contributed by atoms with Gasteiger partial charge in [0.1, 0.15) is 0 Å². The van der Waals surface area contributed by atoms with Crippen LogP contribution in [0.4, 0.5) is 0 Å². The molecule has 188 valence electrons. The fraction of sp³-hybridized carbons (Fsp3) is 0.310. The molecule has 0 saturated carbocycles. The number of hydrogen-bond donors (Lipinski definition) is 3. The summed E-state index contributed by atoms with van der Waals surface area (Å²) in [6.07, 6.45) is 2.63. The molecule has 3 fully saturated rings. The molecule has 0 radical (unpaired) electrons. The zero-order chi connectivity index (χ0) is 25.5. The summed E-state index contributed by atoms with van der Waals surface area (Å²) in [6, 6.07) is 32.1. The number of nitrogens with one attached hydrogen (secondary N) is 1. The van der Waals surface area contributed by atoms with Gasteiger partial charge in [-0.05, 0) is 77.2 Å². The monoisotopic (exact) mass is 598 g/mol. The number of carbonyl (C=O) groups is 2. The molecule has 2 atom stereocenters. The summed E-state index contributed by atoms with van der Waals surface area (Å²) in [5.74, 6) is -2.50. The molecule has 3 heterocycles. The highest BCUT2D eigenvalue weighted by atomic mass is 127. The largest absolute Gasteiger partial charge is 0.473 e. The zero-order valence-electron chi connectivity index (χ0n) is 20.0. The summed E-state index contributed by atoms with van der Waals surface area (Å²) in [6.45, 7) is 3.40. The van der Waals surface area contributed by atoms with Gasteiger partial charge in [0, 0.05) is 28.1 Å². The highest BCUT2D eigenvalue weighted by Crippen LogP contribution is 2.42. The normalized spacial score (nSPS) is 22.5. The Balaban J connectivity index is 0.000000455. The molecule has 3 aromatic carbocycles. The maximum Gasteiger partial charge on any atom is 0.414 e. The lowest BCUT2D eigenvalue weighted by atomic mass is 9.70. The Kier molecular flexibility index (Phi) is 9.12. The quantitative estimate of drug-likeness (QED) is 0.278. The van der Waals surface area contributed by atoms with Crippen LogP contribution in [0.2, 0.25) is 0 Å². The number of nitrogens with zero attached hydrogens (tertiary/aromatic N) is 1. The zero-order valence-corrected chi connectivity index (χ0v) is 22.1. The van der Waals surface area contributed by atoms with Crippen molar-refractivity contribution in [1.29, 1.82) is 0 Å². The van der Waals surface area contributed by atoms with Crippen LogP contribution in [0.15, 0.2) is 84.9 Å². The molecule has 2 bridgehead atoms. The van der Waals surface area contributed by atoms with Gasteiger partial charge in [-0.3, -0.25) is 4.90 Å². The van der Waals surface area contributed by atoms with Crippen LogP contribution in [0.1, 0.15) is 35.4 Å². The number of rotatable bonds is 6. The van der Waals surface area contributed by atoms with Crippen molar-refractivity contribution in [3.05, 3.63) is 105 Å². The van der Waals surface area contributed by atoms with Gasteiger partial charge in [-0.1, -0.05) is 78.9 Å². The van der Waals surface area contributed by atoms with Crippen LogP contribution in [-0.2, 0) is 16.1 Å². The molecule has 0 spiro atoms. The number of hydrogen-bond acceptors (Lipinski definition) is 4. The lowest BCUT2D eigenvalue weighted by Crippen LogP contribution is -2.64. The molecule has 0 aromatic heterocycles. The molecule has 7 heteroatoms. The molecule has 0 unspecified atom stereocenters. The molecule has 6 rings (SSSR count). The standard InChI is InChI=1S/C27H29IN2.C2H2O4/c28-24-14-8-7-13-23(24)19-29-26-22-15-17-30(18-16-22)27(26)25(20-9-3-1-4-10-20)21-11-5-2-6-12-21;3-1(4)2(5)6/h1-14,22,25-27,29H,15-19H2;(H,3,4)(H,5,6)/t26-,27-;/m1./s1. The topological polar surface area (TPSA) is 89.9 Å². The Morgan fingerprint density at radius 3 is 1.83 bits per heavy atom. The van der Waals surface area contributed by atoms with Gasteiger partial charge in [0.2, 0.25) is 0 Å². The van der Waals surface area contributed by atoms with Crippen LogP contribution < -0.4 is 5.32 Å². The second-order valence-corrected chi connectivity index (χ2v) is 10.4. The van der Waals surface area contributed by atoms with E-state index in [2.05, 4.69) is 118 Å². The van der Waals surface area contributed by atoms with Crippen molar-refractivity contribution in [1.82, 2.24) is 10.2 Å². The van der Waals surface area contributed by atoms with Gasteiger partial charge in [-0.25, -0.2) is 9.59 Å². The Morgan fingerprint density at radius 1 is 0.833 bits per heavy atom. The average Bonchev–Trinajstić information content (AvgIpc) is 2.91. The van der Waals surface area contributed by atoms with Crippen molar-refractivity contribution in [2.45, 2.75) is 37.4 Å². The van der Waals surface area contributed by atoms with E-state index in [9.17, 15) is 0 Å². The highest BCUT2D eigenvalue weighted by Gasteiger charge is 2.46. The van der Waals surface area contributed by atoms with E-state index < -0.39 is 11.9 Å². The summed E-state index contributed by atoms with van der Waals surface area (Å²) in [5.41, 5.74) is 4.27. The van der Waals surface area contributed by atoms with Gasteiger partial charge in [-0.2, -0.15) is 0 Å². The van der Waals surface area contributed by atoms with E-state index in [0.29, 0.717) is 18.0 Å². The van der Waals surface area contributed by atoms with Crippen molar-refractivity contribution >= 4 is 34.5 Å². The van der Waals surface area contributed by atoms with Crippen molar-refractivity contribution in [3.8, 4) is 0 Å². The number of fused-ring (bicyclic) bond motifs is 3. The first-order chi connectivity index (χ1) is 17.5. The first kappa shape index (κ1) is 26.3. The molecule has 36 heavy (non-hydrogen) atoms. The molecule has 6 nitrogen and oxygen atoms in total. The molecule has 0 amide bonds. The van der Waals surface area contributed by atoms with Crippen molar-refractivity contribution in [3.63, 3.8) is 0 Å². The van der Waals surface area contributed by atoms with Gasteiger partial charge >= 0.3 is 11.9 Å². The van der Waals surface area contributed by atoms with Crippen LogP contribution in [0, 0.1) is 9.49 Å². The van der Waals surface area contributed by atoms with Crippen LogP contribution in [0.25, 0.3) is 0 Å². The molecule has 3 aromatic rings. The van der Waals surface area contributed by atoms with E-state index in [1.807, 2.05) is 0 Å². The average molecular weight is 598 g/mol. The minimum absolute atomic E-state index is 0.392. The summed E-state index contributed by atoms with van der Waals surface area (Å²) < 4.78 is 1.35. The van der Waals surface area contributed by atoms with E-state index in [1.165, 1.54) is 46.2 Å². The lowest BCUT2D eigenvalue weighted by Gasteiger charge is -2.54. The molecule has 3 saturated heterocycles. The fourth-order valence-electron chi connectivity index (χ4n) is 5.57. The lowest BCUT2D eigenvalue weighted by molar-refractivity contribution is -0.159. The minimum Gasteiger partial charge on any atom is -0.473 e. The number of benzene rings is 3. The Hall–Kier alpha value is -2.75. The fourth-order valence-corrected chi connectivity index (χ4v) is 6.14. The summed E-state index contributed by atoms with van der Waals surface area (Å²) in [7, 11) is 0. The van der Waals surface area contributed by atoms with Gasteiger partial charge < -0.3 is 15.5 Å². The number of halogens is 1. The van der Waals surface area contributed by atoms with Gasteiger partial charge in [0.05, 0.1) is 0 Å². The summed E-state index contributed by atoms with van der Waals surface area (Å²) in [4.78, 5) is 21.0. The molecular formula is C29H31IN2O4. The number of carboxylic acids is 2. The van der Waals surface area contributed by atoms with Gasteiger partial charge in [0.25, 0.3) is 0 Å². The number of piperidine rings is 3. The second-order valence-electron chi connectivity index (χ2n) is 9.27. The Morgan fingerprint density at radius 2 is 1.33 bits per heavy atom. The van der Waals surface area contributed by atoms with E-state index in [-0.39, 0.29) is 0 Å². The first-order valence-electron chi connectivity index (χ1n) is 12.2. The van der Waals surface area contributed by atoms with Crippen molar-refractivity contribution in [2.24, 2.45) is 5.92 Å². The predicted octanol–water partition coefficient (Wildman–Crippen LogP) is 4.83. The second kappa shape index (κ2) is 12.5. The maximum atomic E-state index is 9.10. The maximum absolute atomic E-state index is 9.10. The van der Waals surface area contributed by atoms with E-state index >= 15 is 0 Å². The Labute approximate surface area is 225 Å². The smallest absolute Gasteiger partial charge is 0.414 e. The van der Waals surface area contributed by atoms with Crippen LogP contribution in [0.5, 0.6) is 0 Å². The predicted molar refractivity (Wildman–Crippen MR) is 148 cm³/mol. The first-order valence-corrected chi connectivity index (χ1v) is 13.3. The molecule has 3 aliphatic heterocycles.